The van der Waals surface area contributed by atoms with Gasteiger partial charge in [-0.2, -0.15) is 0 Å². The van der Waals surface area contributed by atoms with Gasteiger partial charge in [0, 0.05) is 36.1 Å². The quantitative estimate of drug-likeness (QED) is 0.174. The van der Waals surface area contributed by atoms with Gasteiger partial charge in [0.05, 0.1) is 21.6 Å². The molecule has 5 heteroatoms. The van der Waals surface area contributed by atoms with Crippen LogP contribution in [0, 0.1) is 6.85 Å². The van der Waals surface area contributed by atoms with E-state index in [1.54, 1.807) is 12.1 Å². The second-order valence-corrected chi connectivity index (χ2v) is 14.5. The van der Waals surface area contributed by atoms with Crippen LogP contribution in [0.3, 0.4) is 0 Å². The minimum absolute atomic E-state index is 0.269. The number of thiophene rings is 1. The van der Waals surface area contributed by atoms with Crippen molar-refractivity contribution >= 4 is 93.4 Å². The molecule has 0 radical (unpaired) electrons. The van der Waals surface area contributed by atoms with Gasteiger partial charge < -0.3 is 4.81 Å². The molecule has 0 bridgehead atoms. The number of aryl methyl sites for hydroxylation is 1. The molecular formula is C47H30BN3S. The number of fused-ring (bicyclic) bond motifs is 13. The fourth-order valence-electron chi connectivity index (χ4n) is 8.39. The lowest BCUT2D eigenvalue weighted by molar-refractivity contribution is 1.16. The largest absolute Gasteiger partial charge is 0.344 e. The molecule has 52 heavy (non-hydrogen) atoms. The molecule has 0 fully saturated rings. The van der Waals surface area contributed by atoms with E-state index in [1.807, 2.05) is 47.7 Å². The van der Waals surface area contributed by atoms with Crippen LogP contribution in [-0.2, 0) is 0 Å². The maximum Gasteiger partial charge on any atom is 0.332 e. The van der Waals surface area contributed by atoms with Crippen molar-refractivity contribution < 1.29 is 4.11 Å². The molecule has 0 spiro atoms. The minimum Gasteiger partial charge on any atom is -0.344 e. The highest BCUT2D eigenvalue weighted by molar-refractivity contribution is 7.26. The first-order chi connectivity index (χ1) is 26.9. The summed E-state index contributed by atoms with van der Waals surface area (Å²) in [5, 5.41) is 8.18. The molecule has 0 N–H and O–H groups in total. The number of para-hydroxylation sites is 1. The minimum atomic E-state index is -2.20. The van der Waals surface area contributed by atoms with Crippen LogP contribution < -0.4 is 15.7 Å². The van der Waals surface area contributed by atoms with Gasteiger partial charge in [-0.25, -0.2) is 9.97 Å². The van der Waals surface area contributed by atoms with E-state index in [2.05, 4.69) is 120 Å². The Balaban J connectivity index is 1.32. The molecular weight excluding hydrogens is 649 g/mol. The Hall–Kier alpha value is -6.30. The Morgan fingerprint density at radius 1 is 0.577 bits per heavy atom. The highest BCUT2D eigenvalue weighted by Gasteiger charge is 2.42. The molecule has 0 aliphatic carbocycles. The maximum atomic E-state index is 8.00. The van der Waals surface area contributed by atoms with Gasteiger partial charge in [-0.15, -0.1) is 11.3 Å². The van der Waals surface area contributed by atoms with Gasteiger partial charge >= 0.3 is 6.85 Å². The Morgan fingerprint density at radius 3 is 2.10 bits per heavy atom. The Labute approximate surface area is 309 Å². The predicted octanol–water partition coefficient (Wildman–Crippen LogP) is 11.2. The summed E-state index contributed by atoms with van der Waals surface area (Å²) in [6.45, 7) is -2.47. The van der Waals surface area contributed by atoms with Crippen LogP contribution in [0.15, 0.2) is 164 Å². The molecule has 1 aliphatic rings. The monoisotopic (exact) mass is 682 g/mol. The van der Waals surface area contributed by atoms with Crippen LogP contribution in [0.4, 0.5) is 11.6 Å². The van der Waals surface area contributed by atoms with Gasteiger partial charge in [0.15, 0.2) is 0 Å². The summed E-state index contributed by atoms with van der Waals surface area (Å²) in [6.07, 6.45) is 0. The molecule has 0 amide bonds. The van der Waals surface area contributed by atoms with Crippen LogP contribution in [-0.4, -0.2) is 16.8 Å². The molecule has 3 heterocycles. The van der Waals surface area contributed by atoms with Crippen molar-refractivity contribution in [2.45, 2.75) is 6.85 Å². The number of hydrogen-bond acceptors (Lipinski definition) is 4. The van der Waals surface area contributed by atoms with Crippen LogP contribution in [0.2, 0.25) is 0 Å². The summed E-state index contributed by atoms with van der Waals surface area (Å²) in [5.41, 5.74) is 8.51. The Morgan fingerprint density at radius 2 is 1.27 bits per heavy atom. The zero-order valence-corrected chi connectivity index (χ0v) is 28.7. The first kappa shape index (κ1) is 26.5. The lowest BCUT2D eigenvalue weighted by atomic mass is 9.45. The first-order valence-electron chi connectivity index (χ1n) is 19.0. The molecule has 3 nitrogen and oxygen atoms in total. The van der Waals surface area contributed by atoms with E-state index in [1.165, 1.54) is 58.3 Å². The SMILES string of the molecule is [2H]C([2H])([2H])c1ccc(-c2nc(N3B(c4ccccc4)c4ccc5ccccc5c4-c4c3c3sc5ccccc5c3c3ccccc43)nc3ccccc23)cc1. The average molecular weight is 683 g/mol. The molecule has 242 valence electrons. The van der Waals surface area contributed by atoms with E-state index in [-0.39, 0.29) is 6.85 Å². The molecule has 11 rings (SSSR count). The smallest absolute Gasteiger partial charge is 0.332 e. The van der Waals surface area contributed by atoms with Crippen molar-refractivity contribution in [1.29, 1.82) is 0 Å². The topological polar surface area (TPSA) is 29.0 Å². The van der Waals surface area contributed by atoms with E-state index in [9.17, 15) is 0 Å². The van der Waals surface area contributed by atoms with Crippen molar-refractivity contribution in [1.82, 2.24) is 9.97 Å². The van der Waals surface area contributed by atoms with Crippen LogP contribution in [0.1, 0.15) is 9.68 Å². The molecule has 1 aliphatic heterocycles. The number of rotatable bonds is 3. The fraction of sp³-hybridized carbons (Fsp3) is 0.0213. The zero-order chi connectivity index (χ0) is 36.8. The molecule has 0 atom stereocenters. The zero-order valence-electron chi connectivity index (χ0n) is 30.9. The number of nitrogens with zero attached hydrogens (tertiary/aromatic N) is 3. The highest BCUT2D eigenvalue weighted by Crippen LogP contribution is 2.54. The average Bonchev–Trinajstić information content (AvgIpc) is 3.62. The lowest BCUT2D eigenvalue weighted by Gasteiger charge is -2.39. The molecule has 8 aromatic carbocycles. The van der Waals surface area contributed by atoms with Gasteiger partial charge in [-0.3, -0.25) is 0 Å². The summed E-state index contributed by atoms with van der Waals surface area (Å²) in [4.78, 5) is 13.3. The van der Waals surface area contributed by atoms with Gasteiger partial charge in [0.1, 0.15) is 0 Å². The Kier molecular flexibility index (Phi) is 5.79. The molecule has 0 saturated carbocycles. The standard InChI is InChI=1S/C47H30BN3S/c1-29-23-25-31(26-24-29)44-36-19-9-11-21-39(36)49-47(50-44)51-45-43(35-18-8-7-17-34(35)41-37-20-10-12-22-40(37)52-46(41)45)42-33-16-6-5-13-30(33)27-28-38(42)48(51)32-14-3-2-4-15-32/h2-28H,1H3/i1D3. The normalized spacial score (nSPS) is 13.7. The van der Waals surface area contributed by atoms with Gasteiger partial charge in [-0.05, 0) is 51.6 Å². The van der Waals surface area contributed by atoms with Gasteiger partial charge in [0.2, 0.25) is 5.95 Å². The molecule has 0 saturated heterocycles. The van der Waals surface area contributed by atoms with Crippen LogP contribution in [0.25, 0.3) is 75.0 Å². The summed E-state index contributed by atoms with van der Waals surface area (Å²) in [7, 11) is 0. The summed E-state index contributed by atoms with van der Waals surface area (Å²) in [5.74, 6) is 0.580. The van der Waals surface area contributed by atoms with E-state index >= 15 is 0 Å². The van der Waals surface area contributed by atoms with E-state index in [0.717, 1.165) is 33.3 Å². The van der Waals surface area contributed by atoms with E-state index < -0.39 is 6.85 Å². The van der Waals surface area contributed by atoms with Crippen molar-refractivity contribution in [3.05, 3.63) is 169 Å². The summed E-state index contributed by atoms with van der Waals surface area (Å²) < 4.78 is 26.4. The number of hydrogen-bond donors (Lipinski definition) is 0. The molecule has 0 unspecified atom stereocenters. The van der Waals surface area contributed by atoms with Gasteiger partial charge in [0.25, 0.3) is 0 Å². The number of anilines is 2. The molecule has 10 aromatic rings. The third kappa shape index (κ3) is 4.26. The number of aromatic nitrogens is 2. The third-order valence-electron chi connectivity index (χ3n) is 10.6. The molecule has 2 aromatic heterocycles. The van der Waals surface area contributed by atoms with Crippen molar-refractivity contribution in [3.63, 3.8) is 0 Å². The van der Waals surface area contributed by atoms with Crippen molar-refractivity contribution in [2.75, 3.05) is 4.81 Å². The van der Waals surface area contributed by atoms with Crippen LogP contribution >= 0.6 is 11.3 Å². The fourth-order valence-corrected chi connectivity index (χ4v) is 9.65. The first-order valence-corrected chi connectivity index (χ1v) is 18.4. The summed E-state index contributed by atoms with van der Waals surface area (Å²) in [6, 6.07) is 56.7. The van der Waals surface area contributed by atoms with E-state index in [4.69, 9.17) is 14.1 Å². The highest BCUT2D eigenvalue weighted by atomic mass is 32.1. The second kappa shape index (κ2) is 11.4. The number of benzene rings is 8. The summed E-state index contributed by atoms with van der Waals surface area (Å²) >= 11 is 1.82. The lowest BCUT2D eigenvalue weighted by Crippen LogP contribution is -2.58. The maximum absolute atomic E-state index is 8.00. The van der Waals surface area contributed by atoms with Crippen molar-refractivity contribution in [2.24, 2.45) is 0 Å². The predicted molar refractivity (Wildman–Crippen MR) is 223 cm³/mol. The third-order valence-corrected chi connectivity index (χ3v) is 11.8. The van der Waals surface area contributed by atoms with Crippen molar-refractivity contribution in [3.8, 4) is 22.4 Å². The van der Waals surface area contributed by atoms with E-state index in [0.29, 0.717) is 11.5 Å². The Bertz CT molecular complexity index is 3160. The van der Waals surface area contributed by atoms with Gasteiger partial charge in [-0.1, -0.05) is 163 Å². The second-order valence-electron chi connectivity index (χ2n) is 13.5. The van der Waals surface area contributed by atoms with Crippen LogP contribution in [0.5, 0.6) is 0 Å².